The van der Waals surface area contributed by atoms with E-state index >= 15 is 0 Å². The molecule has 0 aliphatic rings. The maximum absolute atomic E-state index is 12.3. The molecule has 10 heteroatoms. The van der Waals surface area contributed by atoms with Crippen molar-refractivity contribution in [3.05, 3.63) is 75.8 Å². The minimum absolute atomic E-state index is 0.147. The standard InChI is InChI=1S/C21H20N6O3S/c1-14-6-7-22-18(11-14)25-21-24-15(13-31-21)12-19(28)23-8-9-27-20(29)5-4-16(26-27)17-3-2-10-30-17/h2-7,10-11,13H,8-9,12H2,1H3,(H,23,28)(H,22,24,25). The van der Waals surface area contributed by atoms with Gasteiger partial charge in [0.05, 0.1) is 24.9 Å². The molecule has 4 heterocycles. The average Bonchev–Trinajstić information content (AvgIpc) is 3.42. The van der Waals surface area contributed by atoms with Crippen LogP contribution in [0, 0.1) is 6.92 Å². The summed E-state index contributed by atoms with van der Waals surface area (Å²) < 4.78 is 6.61. The number of carbonyl (C=O) groups excluding carboxylic acids is 1. The van der Waals surface area contributed by atoms with E-state index in [4.69, 9.17) is 4.42 Å². The minimum Gasteiger partial charge on any atom is -0.463 e. The number of thiazole rings is 1. The van der Waals surface area contributed by atoms with Gasteiger partial charge in [0.25, 0.3) is 5.56 Å². The first kappa shape index (κ1) is 20.5. The van der Waals surface area contributed by atoms with Crippen molar-refractivity contribution >= 4 is 28.2 Å². The van der Waals surface area contributed by atoms with Crippen LogP contribution in [0.5, 0.6) is 0 Å². The average molecular weight is 436 g/mol. The highest BCUT2D eigenvalue weighted by Crippen LogP contribution is 2.20. The molecule has 4 rings (SSSR count). The van der Waals surface area contributed by atoms with Gasteiger partial charge in [-0.2, -0.15) is 5.10 Å². The largest absolute Gasteiger partial charge is 0.463 e. The summed E-state index contributed by atoms with van der Waals surface area (Å²) in [7, 11) is 0. The molecule has 2 N–H and O–H groups in total. The van der Waals surface area contributed by atoms with Gasteiger partial charge in [0.1, 0.15) is 11.5 Å². The van der Waals surface area contributed by atoms with E-state index < -0.39 is 0 Å². The molecule has 0 saturated carbocycles. The number of rotatable bonds is 8. The highest BCUT2D eigenvalue weighted by Gasteiger charge is 2.10. The van der Waals surface area contributed by atoms with Crippen LogP contribution in [0.4, 0.5) is 10.9 Å². The molecule has 1 amide bonds. The van der Waals surface area contributed by atoms with E-state index in [-0.39, 0.29) is 31.0 Å². The van der Waals surface area contributed by atoms with E-state index in [1.54, 1.807) is 30.7 Å². The normalized spacial score (nSPS) is 10.7. The second-order valence-electron chi connectivity index (χ2n) is 6.77. The zero-order valence-electron chi connectivity index (χ0n) is 16.7. The Kier molecular flexibility index (Phi) is 6.18. The molecule has 4 aromatic heterocycles. The van der Waals surface area contributed by atoms with Crippen molar-refractivity contribution in [2.45, 2.75) is 19.9 Å². The van der Waals surface area contributed by atoms with Crippen LogP contribution in [0.3, 0.4) is 0 Å². The minimum atomic E-state index is -0.246. The van der Waals surface area contributed by atoms with Crippen molar-refractivity contribution in [1.82, 2.24) is 25.1 Å². The van der Waals surface area contributed by atoms with Crippen molar-refractivity contribution in [3.63, 3.8) is 0 Å². The van der Waals surface area contributed by atoms with Crippen LogP contribution < -0.4 is 16.2 Å². The third-order valence-corrected chi connectivity index (χ3v) is 5.14. The van der Waals surface area contributed by atoms with E-state index in [9.17, 15) is 9.59 Å². The van der Waals surface area contributed by atoms with Crippen LogP contribution in [0.15, 0.2) is 63.4 Å². The summed E-state index contributed by atoms with van der Waals surface area (Å²) >= 11 is 1.41. The molecule has 0 aliphatic heterocycles. The number of aromatic nitrogens is 4. The molecule has 0 aromatic carbocycles. The van der Waals surface area contributed by atoms with Crippen LogP contribution in [-0.4, -0.2) is 32.2 Å². The lowest BCUT2D eigenvalue weighted by Gasteiger charge is -2.07. The predicted molar refractivity (Wildman–Crippen MR) is 117 cm³/mol. The van der Waals surface area contributed by atoms with Crippen LogP contribution in [0.2, 0.25) is 0 Å². The maximum atomic E-state index is 12.3. The van der Waals surface area contributed by atoms with Gasteiger partial charge in [0.2, 0.25) is 5.91 Å². The third kappa shape index (κ3) is 5.43. The number of hydrogen-bond acceptors (Lipinski definition) is 8. The van der Waals surface area contributed by atoms with Crippen LogP contribution >= 0.6 is 11.3 Å². The molecule has 0 unspecified atom stereocenters. The van der Waals surface area contributed by atoms with E-state index in [1.807, 2.05) is 24.4 Å². The van der Waals surface area contributed by atoms with Gasteiger partial charge in [-0.15, -0.1) is 11.3 Å². The molecule has 0 atom stereocenters. The van der Waals surface area contributed by atoms with E-state index in [2.05, 4.69) is 25.7 Å². The first-order valence-corrected chi connectivity index (χ1v) is 10.5. The fourth-order valence-corrected chi connectivity index (χ4v) is 3.57. The molecule has 158 valence electrons. The Bertz CT molecular complexity index is 1230. The number of pyridine rings is 1. The molecule has 0 radical (unpaired) electrons. The van der Waals surface area contributed by atoms with Crippen molar-refractivity contribution in [2.75, 3.05) is 11.9 Å². The second kappa shape index (κ2) is 9.35. The Morgan fingerprint density at radius 1 is 1.26 bits per heavy atom. The van der Waals surface area contributed by atoms with Gasteiger partial charge in [0, 0.05) is 24.2 Å². The summed E-state index contributed by atoms with van der Waals surface area (Å²) in [5.41, 5.74) is 2.07. The van der Waals surface area contributed by atoms with Crippen LogP contribution in [-0.2, 0) is 17.8 Å². The molecule has 0 spiro atoms. The Balaban J connectivity index is 1.29. The Morgan fingerprint density at radius 2 is 2.16 bits per heavy atom. The molecule has 9 nitrogen and oxygen atoms in total. The Morgan fingerprint density at radius 3 is 2.97 bits per heavy atom. The summed E-state index contributed by atoms with van der Waals surface area (Å²) in [6.07, 6.45) is 3.42. The number of hydrogen-bond donors (Lipinski definition) is 2. The van der Waals surface area contributed by atoms with Crippen molar-refractivity contribution < 1.29 is 9.21 Å². The quantitative estimate of drug-likeness (QED) is 0.436. The summed E-state index contributed by atoms with van der Waals surface area (Å²) in [6, 6.07) is 10.4. The summed E-state index contributed by atoms with van der Waals surface area (Å²) in [5.74, 6) is 1.10. The van der Waals surface area contributed by atoms with E-state index in [0.29, 0.717) is 28.1 Å². The first-order valence-electron chi connectivity index (χ1n) is 9.60. The molecular weight excluding hydrogens is 416 g/mol. The lowest BCUT2D eigenvalue weighted by atomic mass is 10.3. The summed E-state index contributed by atoms with van der Waals surface area (Å²) in [6.45, 7) is 2.51. The predicted octanol–water partition coefficient (Wildman–Crippen LogP) is 2.77. The lowest BCUT2D eigenvalue weighted by Crippen LogP contribution is -2.32. The van der Waals surface area contributed by atoms with Gasteiger partial charge in [-0.05, 0) is 42.8 Å². The van der Waals surface area contributed by atoms with Gasteiger partial charge < -0.3 is 15.1 Å². The van der Waals surface area contributed by atoms with E-state index in [1.165, 1.54) is 22.1 Å². The Hall–Kier alpha value is -3.79. The van der Waals surface area contributed by atoms with Crippen molar-refractivity contribution in [3.8, 4) is 11.5 Å². The zero-order chi connectivity index (χ0) is 21.6. The maximum Gasteiger partial charge on any atom is 0.266 e. The fraction of sp³-hybridized carbons (Fsp3) is 0.190. The number of amides is 1. The summed E-state index contributed by atoms with van der Waals surface area (Å²) in [5, 5.41) is 12.7. The smallest absolute Gasteiger partial charge is 0.266 e. The lowest BCUT2D eigenvalue weighted by molar-refractivity contribution is -0.120. The number of nitrogens with one attached hydrogen (secondary N) is 2. The van der Waals surface area contributed by atoms with E-state index in [0.717, 1.165) is 5.56 Å². The molecule has 0 fully saturated rings. The number of anilines is 2. The van der Waals surface area contributed by atoms with Gasteiger partial charge in [-0.1, -0.05) is 0 Å². The van der Waals surface area contributed by atoms with Crippen molar-refractivity contribution in [1.29, 1.82) is 0 Å². The van der Waals surface area contributed by atoms with Gasteiger partial charge in [-0.25, -0.2) is 14.6 Å². The second-order valence-corrected chi connectivity index (χ2v) is 7.63. The number of carbonyl (C=O) groups is 1. The number of furan rings is 1. The molecule has 31 heavy (non-hydrogen) atoms. The molecule has 0 aliphatic carbocycles. The highest BCUT2D eigenvalue weighted by molar-refractivity contribution is 7.13. The van der Waals surface area contributed by atoms with Gasteiger partial charge >= 0.3 is 0 Å². The topological polar surface area (TPSA) is 115 Å². The fourth-order valence-electron chi connectivity index (χ4n) is 2.85. The zero-order valence-corrected chi connectivity index (χ0v) is 17.6. The molecule has 4 aromatic rings. The monoisotopic (exact) mass is 436 g/mol. The number of aryl methyl sites for hydroxylation is 1. The summed E-state index contributed by atoms with van der Waals surface area (Å²) in [4.78, 5) is 32.9. The van der Waals surface area contributed by atoms with Gasteiger partial charge in [-0.3, -0.25) is 9.59 Å². The molecule has 0 saturated heterocycles. The Labute approximate surface area is 181 Å². The first-order chi connectivity index (χ1) is 15.1. The van der Waals surface area contributed by atoms with Crippen LogP contribution in [0.25, 0.3) is 11.5 Å². The van der Waals surface area contributed by atoms with Gasteiger partial charge in [0.15, 0.2) is 10.9 Å². The number of nitrogens with zero attached hydrogens (tertiary/aromatic N) is 4. The molecule has 0 bridgehead atoms. The highest BCUT2D eigenvalue weighted by atomic mass is 32.1. The molecular formula is C21H20N6O3S. The SMILES string of the molecule is Cc1ccnc(Nc2nc(CC(=O)NCCn3nc(-c4ccco4)ccc3=O)cs2)c1. The van der Waals surface area contributed by atoms with Crippen LogP contribution in [0.1, 0.15) is 11.3 Å². The van der Waals surface area contributed by atoms with Crippen molar-refractivity contribution in [2.24, 2.45) is 0 Å². The third-order valence-electron chi connectivity index (χ3n) is 4.33.